The van der Waals surface area contributed by atoms with E-state index in [1.165, 1.54) is 11.3 Å². The van der Waals surface area contributed by atoms with Crippen LogP contribution in [0.1, 0.15) is 28.0 Å². The minimum atomic E-state index is -0.320. The summed E-state index contributed by atoms with van der Waals surface area (Å²) in [5, 5.41) is 0.861. The molecule has 8 heteroatoms. The molecule has 4 rings (SSSR count). The molecule has 6 nitrogen and oxygen atoms in total. The number of esters is 1. The van der Waals surface area contributed by atoms with Gasteiger partial charge in [-0.2, -0.15) is 0 Å². The zero-order valence-corrected chi connectivity index (χ0v) is 17.1. The molecule has 0 bridgehead atoms. The van der Waals surface area contributed by atoms with E-state index < -0.39 is 0 Å². The molecule has 0 aliphatic rings. The molecule has 4 aromatic rings. The lowest BCUT2D eigenvalue weighted by Crippen LogP contribution is -2.04. The van der Waals surface area contributed by atoms with Crippen LogP contribution in [0.3, 0.4) is 0 Å². The summed E-state index contributed by atoms with van der Waals surface area (Å²) in [6, 6.07) is 10.1. The number of fused-ring (bicyclic) bond motifs is 1. The molecule has 3 heterocycles. The van der Waals surface area contributed by atoms with Gasteiger partial charge in [0.1, 0.15) is 21.9 Å². The monoisotopic (exact) mass is 410 g/mol. The number of nitrogens with zero attached hydrogens (tertiary/aromatic N) is 4. The maximum Gasteiger partial charge on any atom is 0.348 e. The van der Waals surface area contributed by atoms with E-state index in [0.717, 1.165) is 26.5 Å². The van der Waals surface area contributed by atoms with Crippen LogP contribution in [0.4, 0.5) is 0 Å². The highest BCUT2D eigenvalue weighted by atomic mass is 32.2. The second-order valence-electron chi connectivity index (χ2n) is 5.99. The molecular formula is C20H18N4O2S2. The molecule has 0 amide bonds. The molecule has 0 atom stereocenters. The molecule has 142 valence electrons. The Bertz CT molecular complexity index is 1110. The van der Waals surface area contributed by atoms with Crippen LogP contribution in [-0.4, -0.2) is 32.1 Å². The zero-order chi connectivity index (χ0) is 19.5. The second kappa shape index (κ2) is 8.12. The van der Waals surface area contributed by atoms with Gasteiger partial charge in [-0.05, 0) is 31.5 Å². The van der Waals surface area contributed by atoms with E-state index in [1.807, 2.05) is 35.9 Å². The summed E-state index contributed by atoms with van der Waals surface area (Å²) in [5.41, 5.74) is 0.837. The van der Waals surface area contributed by atoms with Gasteiger partial charge in [0.2, 0.25) is 0 Å². The average molecular weight is 411 g/mol. The standard InChI is InChI=1S/C20H18N4O2S2/c1-3-26-20(25)17-13(2)16-18(24-10-9-21-12-24)22-15(23-19(16)28-17)11-27-14-7-5-4-6-8-14/h4-10,12H,3,11H2,1-2H3. The maximum absolute atomic E-state index is 12.3. The summed E-state index contributed by atoms with van der Waals surface area (Å²) < 4.78 is 7.06. The Hall–Kier alpha value is -2.71. The summed E-state index contributed by atoms with van der Waals surface area (Å²) in [6.45, 7) is 4.05. The third-order valence-electron chi connectivity index (χ3n) is 4.14. The Morgan fingerprint density at radius 2 is 2.07 bits per heavy atom. The quantitative estimate of drug-likeness (QED) is 0.340. The number of aromatic nitrogens is 4. The largest absolute Gasteiger partial charge is 0.462 e. The van der Waals surface area contributed by atoms with E-state index >= 15 is 0 Å². The second-order valence-corrected chi connectivity index (χ2v) is 8.04. The Morgan fingerprint density at radius 3 is 2.79 bits per heavy atom. The van der Waals surface area contributed by atoms with E-state index in [2.05, 4.69) is 17.1 Å². The molecule has 0 aliphatic heterocycles. The lowest BCUT2D eigenvalue weighted by molar-refractivity contribution is 0.0531. The van der Waals surface area contributed by atoms with Gasteiger partial charge in [0, 0.05) is 17.3 Å². The lowest BCUT2D eigenvalue weighted by Gasteiger charge is -2.08. The number of imidazole rings is 1. The fourth-order valence-corrected chi connectivity index (χ4v) is 4.72. The molecule has 0 N–H and O–H groups in total. The smallest absolute Gasteiger partial charge is 0.348 e. The van der Waals surface area contributed by atoms with Crippen LogP contribution >= 0.6 is 23.1 Å². The van der Waals surface area contributed by atoms with E-state index in [0.29, 0.717) is 23.1 Å². The van der Waals surface area contributed by atoms with E-state index in [-0.39, 0.29) is 5.97 Å². The Labute approximate surface area is 170 Å². The van der Waals surface area contributed by atoms with Crippen molar-refractivity contribution in [3.05, 3.63) is 65.3 Å². The van der Waals surface area contributed by atoms with Crippen molar-refractivity contribution in [1.82, 2.24) is 19.5 Å². The van der Waals surface area contributed by atoms with Gasteiger partial charge < -0.3 is 4.74 Å². The minimum absolute atomic E-state index is 0.320. The van der Waals surface area contributed by atoms with Gasteiger partial charge in [0.15, 0.2) is 5.82 Å². The van der Waals surface area contributed by atoms with Crippen LogP contribution in [0, 0.1) is 6.92 Å². The average Bonchev–Trinajstić information content (AvgIpc) is 3.35. The summed E-state index contributed by atoms with van der Waals surface area (Å²) >= 11 is 3.03. The van der Waals surface area contributed by atoms with Crippen molar-refractivity contribution < 1.29 is 9.53 Å². The third-order valence-corrected chi connectivity index (χ3v) is 6.31. The highest BCUT2D eigenvalue weighted by Crippen LogP contribution is 2.34. The normalized spacial score (nSPS) is 11.1. The number of hydrogen-bond acceptors (Lipinski definition) is 7. The number of benzene rings is 1. The summed E-state index contributed by atoms with van der Waals surface area (Å²) in [5.74, 6) is 1.75. The summed E-state index contributed by atoms with van der Waals surface area (Å²) in [6.07, 6.45) is 5.26. The maximum atomic E-state index is 12.3. The van der Waals surface area contributed by atoms with E-state index in [1.54, 1.807) is 31.2 Å². The molecule has 28 heavy (non-hydrogen) atoms. The van der Waals surface area contributed by atoms with Gasteiger partial charge in [-0.25, -0.2) is 19.7 Å². The SMILES string of the molecule is CCOC(=O)c1sc2nc(CSc3ccccc3)nc(-n3ccnc3)c2c1C. The number of rotatable bonds is 6. The molecule has 3 aromatic heterocycles. The number of thiophene rings is 1. The predicted octanol–water partition coefficient (Wildman–Crippen LogP) is 4.65. The topological polar surface area (TPSA) is 69.9 Å². The van der Waals surface area contributed by atoms with Crippen molar-refractivity contribution in [3.63, 3.8) is 0 Å². The number of ether oxygens (including phenoxy) is 1. The molecule has 0 fully saturated rings. The van der Waals surface area contributed by atoms with Crippen molar-refractivity contribution in [2.45, 2.75) is 24.5 Å². The molecule has 0 saturated heterocycles. The van der Waals surface area contributed by atoms with Crippen LogP contribution < -0.4 is 0 Å². The highest BCUT2D eigenvalue weighted by Gasteiger charge is 2.22. The summed E-state index contributed by atoms with van der Waals surface area (Å²) in [7, 11) is 0. The molecule has 1 aromatic carbocycles. The molecule has 0 spiro atoms. The first-order valence-corrected chi connectivity index (χ1v) is 10.6. The Morgan fingerprint density at radius 1 is 1.25 bits per heavy atom. The van der Waals surface area contributed by atoms with Crippen molar-refractivity contribution in [3.8, 4) is 5.82 Å². The molecule has 0 radical (unpaired) electrons. The van der Waals surface area contributed by atoms with Crippen LogP contribution in [-0.2, 0) is 10.5 Å². The number of thioether (sulfide) groups is 1. The fraction of sp³-hybridized carbons (Fsp3) is 0.200. The number of hydrogen-bond donors (Lipinski definition) is 0. The highest BCUT2D eigenvalue weighted by molar-refractivity contribution is 7.98. The van der Waals surface area contributed by atoms with Crippen molar-refractivity contribution >= 4 is 39.3 Å². The molecule has 0 aliphatic carbocycles. The lowest BCUT2D eigenvalue weighted by atomic mass is 10.2. The predicted molar refractivity (Wildman–Crippen MR) is 111 cm³/mol. The third kappa shape index (κ3) is 3.65. The van der Waals surface area contributed by atoms with Crippen LogP contribution in [0.15, 0.2) is 53.9 Å². The van der Waals surface area contributed by atoms with E-state index in [9.17, 15) is 4.79 Å². The van der Waals surface area contributed by atoms with Gasteiger partial charge >= 0.3 is 5.97 Å². The van der Waals surface area contributed by atoms with Gasteiger partial charge in [0.05, 0.1) is 17.7 Å². The first-order valence-electron chi connectivity index (χ1n) is 8.80. The van der Waals surface area contributed by atoms with Crippen LogP contribution in [0.2, 0.25) is 0 Å². The van der Waals surface area contributed by atoms with Gasteiger partial charge in [-0.3, -0.25) is 4.57 Å². The first kappa shape index (κ1) is 18.6. The van der Waals surface area contributed by atoms with Gasteiger partial charge in [-0.15, -0.1) is 23.1 Å². The number of carbonyl (C=O) groups excluding carboxylic acids is 1. The minimum Gasteiger partial charge on any atom is -0.462 e. The van der Waals surface area contributed by atoms with Gasteiger partial charge in [-0.1, -0.05) is 18.2 Å². The van der Waals surface area contributed by atoms with Crippen LogP contribution in [0.25, 0.3) is 16.0 Å². The number of aryl methyl sites for hydroxylation is 1. The molecule has 0 saturated carbocycles. The van der Waals surface area contributed by atoms with Crippen molar-refractivity contribution in [2.24, 2.45) is 0 Å². The first-order chi connectivity index (χ1) is 13.7. The van der Waals surface area contributed by atoms with Gasteiger partial charge in [0.25, 0.3) is 0 Å². The zero-order valence-electron chi connectivity index (χ0n) is 15.5. The molecular weight excluding hydrogens is 392 g/mol. The van der Waals surface area contributed by atoms with Crippen molar-refractivity contribution in [1.29, 1.82) is 0 Å². The number of carbonyl (C=O) groups is 1. The summed E-state index contributed by atoms with van der Waals surface area (Å²) in [4.78, 5) is 28.5. The fourth-order valence-electron chi connectivity index (χ4n) is 2.85. The van der Waals surface area contributed by atoms with E-state index in [4.69, 9.17) is 14.7 Å². The Kier molecular flexibility index (Phi) is 5.40. The molecule has 0 unspecified atom stereocenters. The van der Waals surface area contributed by atoms with Crippen LogP contribution in [0.5, 0.6) is 0 Å². The van der Waals surface area contributed by atoms with Crippen molar-refractivity contribution in [2.75, 3.05) is 6.61 Å². The Balaban J connectivity index is 1.78.